The molecule has 0 unspecified atom stereocenters. The Morgan fingerprint density at radius 3 is 2.19 bits per heavy atom. The van der Waals surface area contributed by atoms with Gasteiger partial charge in [0.15, 0.2) is 0 Å². The van der Waals surface area contributed by atoms with Crippen LogP contribution in [0.4, 0.5) is 5.82 Å². The molecule has 2 N–H and O–H groups in total. The smallest absolute Gasteiger partial charge is 0.00775 e. The van der Waals surface area contributed by atoms with E-state index in [1.54, 1.807) is 0 Å². The monoisotopic (exact) mass is 332 g/mol. The van der Waals surface area contributed by atoms with Crippen molar-refractivity contribution >= 4 is 32.1 Å². The second-order valence-corrected chi connectivity index (χ2v) is 6.35. The van der Waals surface area contributed by atoms with Crippen LogP contribution < -0.4 is 14.3 Å². The Kier molecular flexibility index (Phi) is 10.9. The van der Waals surface area contributed by atoms with E-state index >= 15 is 0 Å². The zero-order valence-electron chi connectivity index (χ0n) is 10.9. The van der Waals surface area contributed by atoms with E-state index in [0.717, 1.165) is 35.6 Å². The quantitative estimate of drug-likeness (QED) is 0.741. The average Bonchev–Trinajstić information content (AvgIpc) is 2.30. The van der Waals surface area contributed by atoms with E-state index in [1.807, 2.05) is 12.4 Å². The first kappa shape index (κ1) is 15.6. The fourth-order valence-corrected chi connectivity index (χ4v) is 1.72. The Morgan fingerprint density at radius 1 is 1.12 bits per heavy atom. The maximum absolute atomic E-state index is 4.20. The van der Waals surface area contributed by atoms with Gasteiger partial charge in [0.2, 0.25) is 0 Å². The van der Waals surface area contributed by atoms with E-state index in [-0.39, 0.29) is 0 Å². The van der Waals surface area contributed by atoms with Crippen LogP contribution in [0.3, 0.4) is 0 Å². The Morgan fingerprint density at radius 2 is 1.81 bits per heavy atom. The van der Waals surface area contributed by atoms with Crippen molar-refractivity contribution in [1.82, 2.24) is 15.3 Å². The van der Waals surface area contributed by atoms with Gasteiger partial charge in [-0.2, -0.15) is 0 Å². The summed E-state index contributed by atoms with van der Waals surface area (Å²) in [6, 6.07) is 0. The first-order chi connectivity index (χ1) is 7.74. The molecule has 0 saturated carbocycles. The molecule has 1 heterocycles. The van der Waals surface area contributed by atoms with E-state index in [4.69, 9.17) is 0 Å². The standard InChI is InChI=1S/C7H10N3.C4H11N.Sn.3H/c1-2-3-9-7-6-8-4-5-10-7;1-3-5-4-2;;;;/h5-6H,2-3H2,1H3,(H,9,10);5H,3-4H2,1-2H3;;;;. The number of nitrogens with zero attached hydrogens (tertiary/aromatic N) is 2. The van der Waals surface area contributed by atoms with E-state index < -0.39 is 0 Å². The summed E-state index contributed by atoms with van der Waals surface area (Å²) in [4.78, 5) is 8.40. The van der Waals surface area contributed by atoms with Crippen LogP contribution in [0.15, 0.2) is 12.4 Å². The Bertz CT molecular complexity index is 249. The summed E-state index contributed by atoms with van der Waals surface area (Å²) >= 11 is 0.488. The number of nitrogens with one attached hydrogen (secondary N) is 2. The normalized spacial score (nSPS) is 9.44. The molecule has 0 fully saturated rings. The predicted octanol–water partition coefficient (Wildman–Crippen LogP) is -0.0950. The zero-order valence-corrected chi connectivity index (χ0v) is 16.6. The van der Waals surface area contributed by atoms with Gasteiger partial charge in [-0.05, 0) is 13.1 Å². The molecule has 1 rings (SSSR count). The Hall–Kier alpha value is -0.361. The SMILES string of the molecule is CCCNc1cn[c]([SnH3])cn1.CCNCC. The molecule has 5 heteroatoms. The summed E-state index contributed by atoms with van der Waals surface area (Å²) in [7, 11) is 0. The third kappa shape index (κ3) is 8.91. The summed E-state index contributed by atoms with van der Waals surface area (Å²) < 4.78 is 1.16. The van der Waals surface area contributed by atoms with Crippen molar-refractivity contribution in [3.05, 3.63) is 12.4 Å². The molecular formula is C11H24N4Sn. The minimum absolute atomic E-state index is 0.488. The number of hydrogen-bond donors (Lipinski definition) is 2. The molecule has 1 aromatic rings. The summed E-state index contributed by atoms with van der Waals surface area (Å²) in [6.45, 7) is 9.49. The molecule has 0 amide bonds. The number of aromatic nitrogens is 2. The molecule has 0 aromatic carbocycles. The minimum Gasteiger partial charge on any atom is -0.317 e. The largest absolute Gasteiger partial charge is 0.317 e. The fraction of sp³-hybridized carbons (Fsp3) is 0.636. The number of rotatable bonds is 5. The van der Waals surface area contributed by atoms with Gasteiger partial charge in [0.05, 0.1) is 0 Å². The van der Waals surface area contributed by atoms with Gasteiger partial charge >= 0.3 is 79.6 Å². The predicted molar refractivity (Wildman–Crippen MR) is 74.6 cm³/mol. The molecule has 0 spiro atoms. The summed E-state index contributed by atoms with van der Waals surface area (Å²) in [5.41, 5.74) is 0. The molecule has 16 heavy (non-hydrogen) atoms. The molecule has 0 aliphatic rings. The van der Waals surface area contributed by atoms with Crippen LogP contribution in [0.1, 0.15) is 27.2 Å². The molecule has 0 radical (unpaired) electrons. The van der Waals surface area contributed by atoms with Crippen LogP contribution in [-0.2, 0) is 0 Å². The van der Waals surface area contributed by atoms with E-state index in [1.165, 1.54) is 0 Å². The second kappa shape index (κ2) is 11.1. The van der Waals surface area contributed by atoms with Crippen LogP contribution in [0.5, 0.6) is 0 Å². The summed E-state index contributed by atoms with van der Waals surface area (Å²) in [5.74, 6) is 0.892. The van der Waals surface area contributed by atoms with Crippen molar-refractivity contribution in [2.24, 2.45) is 0 Å². The molecule has 0 aliphatic carbocycles. The molecule has 0 atom stereocenters. The molecule has 1 aromatic heterocycles. The van der Waals surface area contributed by atoms with Gasteiger partial charge in [0.25, 0.3) is 0 Å². The van der Waals surface area contributed by atoms with Gasteiger partial charge in [-0.25, -0.2) is 0 Å². The maximum atomic E-state index is 4.20. The van der Waals surface area contributed by atoms with Crippen LogP contribution in [0.25, 0.3) is 0 Å². The molecule has 0 aliphatic heterocycles. The molecule has 92 valence electrons. The summed E-state index contributed by atoms with van der Waals surface area (Å²) in [6.07, 6.45) is 4.78. The zero-order chi connectivity index (χ0) is 12.2. The van der Waals surface area contributed by atoms with E-state index in [2.05, 4.69) is 41.4 Å². The second-order valence-electron chi connectivity index (χ2n) is 3.43. The van der Waals surface area contributed by atoms with Gasteiger partial charge in [0, 0.05) is 0 Å². The Balaban J connectivity index is 0.000000385. The molecule has 0 bridgehead atoms. The van der Waals surface area contributed by atoms with Gasteiger partial charge in [-0.3, -0.25) is 0 Å². The Labute approximate surface area is 112 Å². The average molecular weight is 331 g/mol. The molecule has 0 saturated heterocycles. The summed E-state index contributed by atoms with van der Waals surface area (Å²) in [5, 5.41) is 6.28. The third-order valence-corrected chi connectivity index (χ3v) is 3.31. The molecule has 4 nitrogen and oxygen atoms in total. The van der Waals surface area contributed by atoms with Crippen LogP contribution in [0.2, 0.25) is 0 Å². The van der Waals surface area contributed by atoms with Crippen molar-refractivity contribution < 1.29 is 0 Å². The van der Waals surface area contributed by atoms with Crippen molar-refractivity contribution in [2.45, 2.75) is 27.2 Å². The van der Waals surface area contributed by atoms with Gasteiger partial charge < -0.3 is 5.32 Å². The third-order valence-electron chi connectivity index (χ3n) is 1.84. The van der Waals surface area contributed by atoms with Crippen molar-refractivity contribution in [3.8, 4) is 0 Å². The van der Waals surface area contributed by atoms with Crippen LogP contribution in [0, 0.1) is 0 Å². The number of anilines is 1. The molecular weight excluding hydrogens is 307 g/mol. The minimum atomic E-state index is 0.488. The van der Waals surface area contributed by atoms with E-state index in [0.29, 0.717) is 22.5 Å². The van der Waals surface area contributed by atoms with Crippen molar-refractivity contribution in [3.63, 3.8) is 0 Å². The van der Waals surface area contributed by atoms with Crippen LogP contribution in [-0.4, -0.2) is 52.1 Å². The van der Waals surface area contributed by atoms with Crippen molar-refractivity contribution in [1.29, 1.82) is 0 Å². The van der Waals surface area contributed by atoms with Gasteiger partial charge in [-0.15, -0.1) is 0 Å². The topological polar surface area (TPSA) is 49.8 Å². The fourth-order valence-electron chi connectivity index (χ4n) is 0.987. The maximum Gasteiger partial charge on any atom is -0.00775 e. The van der Waals surface area contributed by atoms with Crippen molar-refractivity contribution in [2.75, 3.05) is 25.0 Å². The first-order valence-corrected chi connectivity index (χ1v) is 8.83. The number of hydrogen-bond acceptors (Lipinski definition) is 4. The van der Waals surface area contributed by atoms with Gasteiger partial charge in [0.1, 0.15) is 0 Å². The van der Waals surface area contributed by atoms with E-state index in [9.17, 15) is 0 Å². The first-order valence-electron chi connectivity index (χ1n) is 5.97. The van der Waals surface area contributed by atoms with Gasteiger partial charge in [-0.1, -0.05) is 13.8 Å². The van der Waals surface area contributed by atoms with Crippen LogP contribution >= 0.6 is 0 Å².